The molecule has 1 fully saturated rings. The average molecular weight is 376 g/mol. The lowest BCUT2D eigenvalue weighted by Crippen LogP contribution is -2.42. The van der Waals surface area contributed by atoms with Crippen LogP contribution in [0.5, 0.6) is 11.5 Å². The first kappa shape index (κ1) is 17.0. The van der Waals surface area contributed by atoms with Crippen LogP contribution in [0.15, 0.2) is 23.1 Å². The van der Waals surface area contributed by atoms with Gasteiger partial charge in [-0.3, -0.25) is 4.79 Å². The van der Waals surface area contributed by atoms with Gasteiger partial charge in [0.2, 0.25) is 22.7 Å². The third-order valence-corrected chi connectivity index (χ3v) is 6.84. The standard InChI is InChI=1S/C13H16N2O7S2/c16-13(15-9-3-4-23(17,18)7-9)6-14-24(19,20)10-1-2-11-12(5-10)22-8-21-11/h1-2,5,9,14H,3-4,6-8H2,(H,15,16). The molecule has 0 saturated carbocycles. The third kappa shape index (κ3) is 3.79. The molecule has 132 valence electrons. The van der Waals surface area contributed by atoms with E-state index in [0.29, 0.717) is 17.9 Å². The van der Waals surface area contributed by atoms with Gasteiger partial charge >= 0.3 is 0 Å². The summed E-state index contributed by atoms with van der Waals surface area (Å²) in [4.78, 5) is 11.7. The first-order valence-electron chi connectivity index (χ1n) is 7.14. The normalized spacial score (nSPS) is 21.6. The van der Waals surface area contributed by atoms with Gasteiger partial charge in [0.1, 0.15) is 0 Å². The number of hydrogen-bond donors (Lipinski definition) is 2. The quantitative estimate of drug-likeness (QED) is 0.674. The molecule has 11 heteroatoms. The Balaban J connectivity index is 1.58. The lowest BCUT2D eigenvalue weighted by atomic mass is 10.2. The number of sulfone groups is 1. The summed E-state index contributed by atoms with van der Waals surface area (Å²) in [6.07, 6.45) is 0.336. The molecule has 2 heterocycles. The van der Waals surface area contributed by atoms with Crippen molar-refractivity contribution in [3.63, 3.8) is 0 Å². The fraction of sp³-hybridized carbons (Fsp3) is 0.462. The Morgan fingerprint density at radius 2 is 2.00 bits per heavy atom. The molecular formula is C13H16N2O7S2. The second-order valence-corrected chi connectivity index (χ2v) is 9.50. The van der Waals surface area contributed by atoms with Crippen LogP contribution in [-0.2, 0) is 24.7 Å². The molecule has 0 radical (unpaired) electrons. The molecule has 9 nitrogen and oxygen atoms in total. The Kier molecular flexibility index (Phi) is 4.40. The summed E-state index contributed by atoms with van der Waals surface area (Å²) in [5.41, 5.74) is 0. The molecule has 2 N–H and O–H groups in total. The van der Waals surface area contributed by atoms with Gasteiger partial charge in [-0.1, -0.05) is 0 Å². The summed E-state index contributed by atoms with van der Waals surface area (Å²) in [5, 5.41) is 2.51. The van der Waals surface area contributed by atoms with Gasteiger partial charge in [-0.05, 0) is 18.6 Å². The van der Waals surface area contributed by atoms with Crippen LogP contribution in [0.1, 0.15) is 6.42 Å². The van der Waals surface area contributed by atoms with E-state index in [1.165, 1.54) is 18.2 Å². The largest absolute Gasteiger partial charge is 0.454 e. The van der Waals surface area contributed by atoms with Crippen molar-refractivity contribution < 1.29 is 31.1 Å². The summed E-state index contributed by atoms with van der Waals surface area (Å²) in [5.74, 6) is 0.100. The van der Waals surface area contributed by atoms with Crippen molar-refractivity contribution >= 4 is 25.8 Å². The van der Waals surface area contributed by atoms with E-state index in [1.54, 1.807) is 0 Å². The maximum atomic E-state index is 12.2. The predicted molar refractivity (Wildman–Crippen MR) is 83.0 cm³/mol. The summed E-state index contributed by atoms with van der Waals surface area (Å²) >= 11 is 0. The molecule has 0 aromatic heterocycles. The smallest absolute Gasteiger partial charge is 0.241 e. The van der Waals surface area contributed by atoms with Crippen molar-refractivity contribution in [2.75, 3.05) is 24.8 Å². The SMILES string of the molecule is O=C(CNS(=O)(=O)c1ccc2c(c1)OCO2)NC1CCS(=O)(=O)C1. The first-order valence-corrected chi connectivity index (χ1v) is 10.4. The van der Waals surface area contributed by atoms with Crippen molar-refractivity contribution in [1.82, 2.24) is 10.0 Å². The van der Waals surface area contributed by atoms with Crippen LogP contribution in [0.3, 0.4) is 0 Å². The zero-order chi connectivity index (χ0) is 17.4. The highest BCUT2D eigenvalue weighted by Gasteiger charge is 2.29. The van der Waals surface area contributed by atoms with Crippen LogP contribution in [-0.4, -0.2) is 53.6 Å². The number of carbonyl (C=O) groups is 1. The van der Waals surface area contributed by atoms with E-state index in [-0.39, 0.29) is 23.2 Å². The molecule has 1 atom stereocenters. The van der Waals surface area contributed by atoms with Gasteiger partial charge in [0, 0.05) is 12.1 Å². The Bertz CT molecular complexity index is 864. The summed E-state index contributed by atoms with van der Waals surface area (Å²) in [6, 6.07) is 3.65. The van der Waals surface area contributed by atoms with Gasteiger partial charge in [-0.25, -0.2) is 21.6 Å². The number of rotatable bonds is 5. The van der Waals surface area contributed by atoms with E-state index in [0.717, 1.165) is 0 Å². The Hall–Kier alpha value is -1.85. The van der Waals surface area contributed by atoms with Gasteiger partial charge in [-0.15, -0.1) is 0 Å². The lowest BCUT2D eigenvalue weighted by Gasteiger charge is -2.12. The maximum absolute atomic E-state index is 12.2. The zero-order valence-corrected chi connectivity index (χ0v) is 14.2. The number of nitrogens with one attached hydrogen (secondary N) is 2. The van der Waals surface area contributed by atoms with E-state index in [2.05, 4.69) is 10.0 Å². The molecule has 0 aliphatic carbocycles. The summed E-state index contributed by atoms with van der Waals surface area (Å²) in [7, 11) is -7.01. The van der Waals surface area contributed by atoms with Crippen LogP contribution in [0.4, 0.5) is 0 Å². The van der Waals surface area contributed by atoms with E-state index >= 15 is 0 Å². The van der Waals surface area contributed by atoms with E-state index in [9.17, 15) is 21.6 Å². The minimum absolute atomic E-state index is 0.0268. The van der Waals surface area contributed by atoms with Gasteiger partial charge in [-0.2, -0.15) is 0 Å². The van der Waals surface area contributed by atoms with Crippen LogP contribution >= 0.6 is 0 Å². The minimum Gasteiger partial charge on any atom is -0.454 e. The molecule has 3 rings (SSSR count). The van der Waals surface area contributed by atoms with E-state index < -0.39 is 38.4 Å². The molecule has 2 aliphatic heterocycles. The lowest BCUT2D eigenvalue weighted by molar-refractivity contribution is -0.120. The molecule has 1 aromatic rings. The second-order valence-electron chi connectivity index (χ2n) is 5.51. The first-order chi connectivity index (χ1) is 11.3. The maximum Gasteiger partial charge on any atom is 0.241 e. The number of amides is 1. The monoisotopic (exact) mass is 376 g/mol. The number of fused-ring (bicyclic) bond motifs is 1. The number of benzene rings is 1. The Morgan fingerprint density at radius 3 is 2.71 bits per heavy atom. The highest BCUT2D eigenvalue weighted by Crippen LogP contribution is 2.33. The molecule has 1 aromatic carbocycles. The number of carbonyl (C=O) groups excluding carboxylic acids is 1. The fourth-order valence-electron chi connectivity index (χ4n) is 2.48. The number of sulfonamides is 1. The van der Waals surface area contributed by atoms with Gasteiger partial charge < -0.3 is 14.8 Å². The average Bonchev–Trinajstić information content (AvgIpc) is 3.10. The van der Waals surface area contributed by atoms with Gasteiger partial charge in [0.15, 0.2) is 21.3 Å². The van der Waals surface area contributed by atoms with Gasteiger partial charge in [0.05, 0.1) is 22.9 Å². The fourth-order valence-corrected chi connectivity index (χ4v) is 5.15. The van der Waals surface area contributed by atoms with Crippen molar-refractivity contribution in [3.8, 4) is 11.5 Å². The summed E-state index contributed by atoms with van der Waals surface area (Å²) < 4.78 is 59.4. The van der Waals surface area contributed by atoms with Crippen molar-refractivity contribution in [2.24, 2.45) is 0 Å². The van der Waals surface area contributed by atoms with Crippen molar-refractivity contribution in [3.05, 3.63) is 18.2 Å². The molecule has 1 saturated heterocycles. The number of ether oxygens (including phenoxy) is 2. The van der Waals surface area contributed by atoms with Crippen molar-refractivity contribution in [2.45, 2.75) is 17.4 Å². The van der Waals surface area contributed by atoms with Crippen molar-refractivity contribution in [1.29, 1.82) is 0 Å². The van der Waals surface area contributed by atoms with Crippen LogP contribution in [0.2, 0.25) is 0 Å². The Morgan fingerprint density at radius 1 is 1.25 bits per heavy atom. The molecule has 2 aliphatic rings. The molecule has 0 spiro atoms. The van der Waals surface area contributed by atoms with Crippen LogP contribution in [0, 0.1) is 0 Å². The minimum atomic E-state index is -3.90. The molecule has 0 bridgehead atoms. The highest BCUT2D eigenvalue weighted by atomic mass is 32.2. The Labute approximate surface area is 139 Å². The number of hydrogen-bond acceptors (Lipinski definition) is 7. The van der Waals surface area contributed by atoms with Crippen LogP contribution < -0.4 is 19.5 Å². The van der Waals surface area contributed by atoms with Gasteiger partial charge in [0.25, 0.3) is 0 Å². The zero-order valence-electron chi connectivity index (χ0n) is 12.5. The topological polar surface area (TPSA) is 128 Å². The third-order valence-electron chi connectivity index (χ3n) is 3.67. The molecular weight excluding hydrogens is 360 g/mol. The molecule has 24 heavy (non-hydrogen) atoms. The van der Waals surface area contributed by atoms with E-state index in [4.69, 9.17) is 9.47 Å². The molecule has 1 unspecified atom stereocenters. The molecule has 1 amide bonds. The second kappa shape index (κ2) is 6.22. The van der Waals surface area contributed by atoms with Crippen LogP contribution in [0.25, 0.3) is 0 Å². The summed E-state index contributed by atoms with van der Waals surface area (Å²) in [6.45, 7) is -0.452. The predicted octanol–water partition coefficient (Wildman–Crippen LogP) is -1.00. The van der Waals surface area contributed by atoms with E-state index in [1.807, 2.05) is 0 Å². The highest BCUT2D eigenvalue weighted by molar-refractivity contribution is 7.91.